The van der Waals surface area contributed by atoms with E-state index >= 15 is 0 Å². The molecule has 0 aliphatic carbocycles. The molecule has 0 bridgehead atoms. The van der Waals surface area contributed by atoms with Crippen LogP contribution < -0.4 is 0 Å². The minimum Gasteiger partial charge on any atom is -0.298 e. The number of aromatic nitrogens is 3. The lowest BCUT2D eigenvalue weighted by atomic mass is 10.1. The number of nitriles is 1. The first kappa shape index (κ1) is 15.6. The Morgan fingerprint density at radius 1 is 1.35 bits per heavy atom. The second kappa shape index (κ2) is 6.08. The van der Waals surface area contributed by atoms with Crippen LogP contribution in [0.3, 0.4) is 0 Å². The van der Waals surface area contributed by atoms with Gasteiger partial charge in [0.2, 0.25) is 0 Å². The number of aldehydes is 1. The van der Waals surface area contributed by atoms with E-state index in [-0.39, 0.29) is 5.92 Å². The van der Waals surface area contributed by atoms with Gasteiger partial charge in [-0.1, -0.05) is 13.8 Å². The van der Waals surface area contributed by atoms with Gasteiger partial charge in [-0.2, -0.15) is 10.4 Å². The molecule has 3 rings (SSSR count). The smallest absolute Gasteiger partial charge is 0.164 e. The van der Waals surface area contributed by atoms with Crippen molar-refractivity contribution >= 4 is 39.9 Å². The molecule has 23 heavy (non-hydrogen) atoms. The van der Waals surface area contributed by atoms with Crippen molar-refractivity contribution in [2.75, 3.05) is 0 Å². The lowest BCUT2D eigenvalue weighted by molar-refractivity contribution is 0.112. The average Bonchev–Trinajstić information content (AvgIpc) is 2.95. The monoisotopic (exact) mass is 416 g/mol. The summed E-state index contributed by atoms with van der Waals surface area (Å²) in [6, 6.07) is 9.07. The Balaban J connectivity index is 2.36. The topological polar surface area (TPSA) is 71.6 Å². The molecule has 0 spiro atoms. The Labute approximate surface area is 147 Å². The average molecular weight is 416 g/mol. The number of benzene rings is 1. The fourth-order valence-electron chi connectivity index (χ4n) is 2.50. The number of hydrogen-bond donors (Lipinski definition) is 0. The molecular weight excluding hydrogens is 403 g/mol. The van der Waals surface area contributed by atoms with Gasteiger partial charge in [-0.05, 0) is 52.8 Å². The number of carbonyl (C=O) groups excluding carboxylic acids is 1. The molecule has 3 aromatic rings. The van der Waals surface area contributed by atoms with Crippen LogP contribution in [0.15, 0.2) is 30.5 Å². The summed E-state index contributed by atoms with van der Waals surface area (Å²) < 4.78 is 2.77. The van der Waals surface area contributed by atoms with Crippen molar-refractivity contribution in [3.8, 4) is 11.8 Å². The van der Waals surface area contributed by atoms with Crippen LogP contribution in [0.5, 0.6) is 0 Å². The van der Waals surface area contributed by atoms with E-state index in [1.165, 1.54) is 0 Å². The van der Waals surface area contributed by atoms with Crippen LogP contribution >= 0.6 is 22.6 Å². The lowest BCUT2D eigenvalue weighted by Gasteiger charge is -2.06. The van der Waals surface area contributed by atoms with Gasteiger partial charge in [0, 0.05) is 15.3 Å². The van der Waals surface area contributed by atoms with Gasteiger partial charge in [-0.25, -0.2) is 9.67 Å². The fourth-order valence-corrected chi connectivity index (χ4v) is 3.18. The highest BCUT2D eigenvalue weighted by molar-refractivity contribution is 14.1. The van der Waals surface area contributed by atoms with Gasteiger partial charge in [-0.15, -0.1) is 0 Å². The van der Waals surface area contributed by atoms with E-state index in [4.69, 9.17) is 5.10 Å². The van der Waals surface area contributed by atoms with Crippen LogP contribution in [-0.4, -0.2) is 21.1 Å². The van der Waals surface area contributed by atoms with Crippen LogP contribution in [0.4, 0.5) is 0 Å². The van der Waals surface area contributed by atoms with E-state index in [2.05, 4.69) is 47.5 Å². The third-order valence-electron chi connectivity index (χ3n) is 3.60. The van der Waals surface area contributed by atoms with Gasteiger partial charge in [0.1, 0.15) is 12.4 Å². The molecule has 0 amide bonds. The number of rotatable bonds is 3. The van der Waals surface area contributed by atoms with Crippen LogP contribution in [0, 0.1) is 14.9 Å². The van der Waals surface area contributed by atoms with Crippen LogP contribution in [-0.2, 0) is 0 Å². The van der Waals surface area contributed by atoms with E-state index in [0.717, 1.165) is 26.6 Å². The van der Waals surface area contributed by atoms with Gasteiger partial charge in [-0.3, -0.25) is 4.79 Å². The number of carbonyl (C=O) groups is 1. The predicted molar refractivity (Wildman–Crippen MR) is 95.8 cm³/mol. The van der Waals surface area contributed by atoms with Gasteiger partial charge in [0.25, 0.3) is 0 Å². The summed E-state index contributed by atoms with van der Waals surface area (Å²) in [5.74, 6) is 0.233. The van der Waals surface area contributed by atoms with Crippen molar-refractivity contribution < 1.29 is 4.79 Å². The van der Waals surface area contributed by atoms with Crippen molar-refractivity contribution in [2.24, 2.45) is 0 Å². The highest BCUT2D eigenvalue weighted by Gasteiger charge is 2.19. The molecular formula is C17H13IN4O. The molecule has 0 fully saturated rings. The van der Waals surface area contributed by atoms with Gasteiger partial charge in [0.15, 0.2) is 5.65 Å². The first-order valence-corrected chi connectivity index (χ1v) is 8.17. The molecule has 0 saturated heterocycles. The number of halogens is 1. The Morgan fingerprint density at radius 2 is 2.13 bits per heavy atom. The summed E-state index contributed by atoms with van der Waals surface area (Å²) in [6.45, 7) is 4.16. The van der Waals surface area contributed by atoms with Crippen molar-refractivity contribution in [3.63, 3.8) is 0 Å². The van der Waals surface area contributed by atoms with Crippen molar-refractivity contribution in [1.29, 1.82) is 5.26 Å². The summed E-state index contributed by atoms with van der Waals surface area (Å²) in [7, 11) is 0. The fraction of sp³-hybridized carbons (Fsp3) is 0.176. The maximum Gasteiger partial charge on any atom is 0.164 e. The Hall–Kier alpha value is -2.27. The highest BCUT2D eigenvalue weighted by atomic mass is 127. The maximum absolute atomic E-state index is 10.9. The molecule has 0 saturated carbocycles. The molecule has 114 valence electrons. The minimum atomic E-state index is 0.233. The number of nitrogens with zero attached hydrogens (tertiary/aromatic N) is 4. The van der Waals surface area contributed by atoms with Crippen molar-refractivity contribution in [3.05, 3.63) is 50.9 Å². The standard InChI is InChI=1S/C17H13IN4O/c1-10(2)16-15-13(18)5-6-20-17(15)22(21-16)14-4-3-11(9-23)7-12(14)8-19/h3-7,9-10H,1-2H3. The zero-order valence-corrected chi connectivity index (χ0v) is 14.8. The number of fused-ring (bicyclic) bond motifs is 1. The third-order valence-corrected chi connectivity index (χ3v) is 4.50. The molecule has 0 N–H and O–H groups in total. The number of hydrogen-bond acceptors (Lipinski definition) is 4. The zero-order valence-electron chi connectivity index (χ0n) is 12.6. The van der Waals surface area contributed by atoms with Crippen LogP contribution in [0.1, 0.15) is 41.4 Å². The van der Waals surface area contributed by atoms with E-state index < -0.39 is 0 Å². The van der Waals surface area contributed by atoms with E-state index in [0.29, 0.717) is 16.8 Å². The lowest BCUT2D eigenvalue weighted by Crippen LogP contribution is -2.02. The Morgan fingerprint density at radius 3 is 2.78 bits per heavy atom. The van der Waals surface area contributed by atoms with Crippen LogP contribution in [0.25, 0.3) is 16.7 Å². The molecule has 2 heterocycles. The second-order valence-corrected chi connectivity index (χ2v) is 6.61. The largest absolute Gasteiger partial charge is 0.298 e. The summed E-state index contributed by atoms with van der Waals surface area (Å²) in [5, 5.41) is 15.1. The zero-order chi connectivity index (χ0) is 16.6. The summed E-state index contributed by atoms with van der Waals surface area (Å²) in [5.41, 5.74) is 3.16. The Kier molecular flexibility index (Phi) is 4.13. The normalized spacial score (nSPS) is 10.9. The molecule has 5 nitrogen and oxygen atoms in total. The molecule has 0 atom stereocenters. The van der Waals surface area contributed by atoms with Crippen molar-refractivity contribution in [2.45, 2.75) is 19.8 Å². The van der Waals surface area contributed by atoms with E-state index in [1.54, 1.807) is 29.1 Å². The first-order valence-electron chi connectivity index (χ1n) is 7.09. The van der Waals surface area contributed by atoms with E-state index in [1.807, 2.05) is 6.07 Å². The van der Waals surface area contributed by atoms with Gasteiger partial charge < -0.3 is 0 Å². The second-order valence-electron chi connectivity index (χ2n) is 5.45. The van der Waals surface area contributed by atoms with Crippen molar-refractivity contribution in [1.82, 2.24) is 14.8 Å². The van der Waals surface area contributed by atoms with Gasteiger partial charge in [0.05, 0.1) is 22.3 Å². The molecule has 0 radical (unpaired) electrons. The predicted octanol–water partition coefficient (Wildman–Crippen LogP) is 3.83. The molecule has 6 heteroatoms. The van der Waals surface area contributed by atoms with E-state index in [9.17, 15) is 10.1 Å². The third kappa shape index (κ3) is 2.61. The molecule has 0 aliphatic heterocycles. The minimum absolute atomic E-state index is 0.233. The summed E-state index contributed by atoms with van der Waals surface area (Å²) in [6.07, 6.45) is 2.46. The molecule has 1 aromatic carbocycles. The molecule has 2 aromatic heterocycles. The van der Waals surface area contributed by atoms with Gasteiger partial charge >= 0.3 is 0 Å². The highest BCUT2D eigenvalue weighted by Crippen LogP contribution is 2.30. The molecule has 0 aliphatic rings. The molecule has 0 unspecified atom stereocenters. The van der Waals surface area contributed by atoms with Crippen LogP contribution in [0.2, 0.25) is 0 Å². The maximum atomic E-state index is 10.9. The number of pyridine rings is 1. The first-order chi connectivity index (χ1) is 11.1. The quantitative estimate of drug-likeness (QED) is 0.481. The SMILES string of the molecule is CC(C)c1nn(-c2ccc(C=O)cc2C#N)c2nccc(I)c12. The summed E-state index contributed by atoms with van der Waals surface area (Å²) >= 11 is 2.27. The Bertz CT molecular complexity index is 953. The summed E-state index contributed by atoms with van der Waals surface area (Å²) in [4.78, 5) is 15.4.